The predicted octanol–water partition coefficient (Wildman–Crippen LogP) is 1.80. The Bertz CT molecular complexity index is 424. The molecule has 0 atom stereocenters. The molecule has 0 aromatic heterocycles. The summed E-state index contributed by atoms with van der Waals surface area (Å²) in [5, 5.41) is 3.80. The summed E-state index contributed by atoms with van der Waals surface area (Å²) in [4.78, 5) is 34.7. The summed E-state index contributed by atoms with van der Waals surface area (Å²) in [5.41, 5.74) is 2.12. The standard InChI is InChI=1S/C15H26N2O5/c1-6-8-22-13(19)9-12(18)17-16-11(10-15(3,4)5)14(20)21-7-2/h6-10H2,1-5H3,(H,17,18)/b16-11-. The van der Waals surface area contributed by atoms with E-state index in [2.05, 4.69) is 10.5 Å². The van der Waals surface area contributed by atoms with Crippen molar-refractivity contribution in [1.29, 1.82) is 0 Å². The maximum Gasteiger partial charge on any atom is 0.354 e. The van der Waals surface area contributed by atoms with E-state index in [4.69, 9.17) is 9.47 Å². The molecule has 0 spiro atoms. The Balaban J connectivity index is 4.66. The first-order valence-corrected chi connectivity index (χ1v) is 7.37. The molecule has 22 heavy (non-hydrogen) atoms. The molecule has 0 heterocycles. The summed E-state index contributed by atoms with van der Waals surface area (Å²) in [7, 11) is 0. The summed E-state index contributed by atoms with van der Waals surface area (Å²) in [6.07, 6.45) is 0.589. The zero-order chi connectivity index (χ0) is 17.2. The molecule has 0 bridgehead atoms. The Kier molecular flexibility index (Phi) is 9.05. The van der Waals surface area contributed by atoms with Crippen LogP contribution in [0.2, 0.25) is 0 Å². The van der Waals surface area contributed by atoms with Crippen LogP contribution in [0, 0.1) is 5.41 Å². The number of rotatable bonds is 8. The topological polar surface area (TPSA) is 94.1 Å². The molecule has 0 radical (unpaired) electrons. The molecular formula is C15H26N2O5. The highest BCUT2D eigenvalue weighted by atomic mass is 16.5. The molecule has 7 heteroatoms. The van der Waals surface area contributed by atoms with E-state index >= 15 is 0 Å². The minimum atomic E-state index is -0.628. The maximum atomic E-state index is 11.8. The van der Waals surface area contributed by atoms with E-state index in [-0.39, 0.29) is 24.3 Å². The monoisotopic (exact) mass is 314 g/mol. The van der Waals surface area contributed by atoms with Gasteiger partial charge in [0.1, 0.15) is 12.1 Å². The minimum absolute atomic E-state index is 0.115. The quantitative estimate of drug-likeness (QED) is 0.319. The second-order valence-corrected chi connectivity index (χ2v) is 5.95. The zero-order valence-electron chi connectivity index (χ0n) is 14.0. The number of nitrogens with zero attached hydrogens (tertiary/aromatic N) is 1. The molecule has 0 aliphatic rings. The van der Waals surface area contributed by atoms with Crippen molar-refractivity contribution >= 4 is 23.6 Å². The van der Waals surface area contributed by atoms with Gasteiger partial charge in [-0.25, -0.2) is 10.2 Å². The van der Waals surface area contributed by atoms with Crippen molar-refractivity contribution in [2.24, 2.45) is 10.5 Å². The SMILES string of the molecule is CCCOC(=O)CC(=O)N/N=C(/CC(C)(C)C)C(=O)OCC. The number of ether oxygens (including phenoxy) is 2. The first-order valence-electron chi connectivity index (χ1n) is 7.37. The van der Waals surface area contributed by atoms with E-state index in [9.17, 15) is 14.4 Å². The third-order valence-electron chi connectivity index (χ3n) is 2.30. The lowest BCUT2D eigenvalue weighted by molar-refractivity contribution is -0.146. The molecule has 0 fully saturated rings. The van der Waals surface area contributed by atoms with E-state index in [0.717, 1.165) is 0 Å². The lowest BCUT2D eigenvalue weighted by atomic mass is 9.89. The Morgan fingerprint density at radius 3 is 2.23 bits per heavy atom. The van der Waals surface area contributed by atoms with Crippen molar-refractivity contribution in [1.82, 2.24) is 5.43 Å². The summed E-state index contributed by atoms with van der Waals surface area (Å²) in [6.45, 7) is 9.85. The summed E-state index contributed by atoms with van der Waals surface area (Å²) in [5.74, 6) is -1.83. The summed E-state index contributed by atoms with van der Waals surface area (Å²) < 4.78 is 9.70. The van der Waals surface area contributed by atoms with E-state index in [0.29, 0.717) is 12.8 Å². The second-order valence-electron chi connectivity index (χ2n) is 5.95. The molecule has 0 saturated carbocycles. The lowest BCUT2D eigenvalue weighted by Crippen LogP contribution is -2.29. The van der Waals surface area contributed by atoms with Crippen molar-refractivity contribution in [3.63, 3.8) is 0 Å². The first-order chi connectivity index (χ1) is 10.2. The van der Waals surface area contributed by atoms with Crippen LogP contribution < -0.4 is 5.43 Å². The van der Waals surface area contributed by atoms with Crippen LogP contribution in [0.4, 0.5) is 0 Å². The van der Waals surface area contributed by atoms with Crippen molar-refractivity contribution in [2.75, 3.05) is 13.2 Å². The molecule has 7 nitrogen and oxygen atoms in total. The third-order valence-corrected chi connectivity index (χ3v) is 2.30. The van der Waals surface area contributed by atoms with Crippen LogP contribution in [0.25, 0.3) is 0 Å². The molecular weight excluding hydrogens is 288 g/mol. The lowest BCUT2D eigenvalue weighted by Gasteiger charge is -2.18. The van der Waals surface area contributed by atoms with Gasteiger partial charge in [0.05, 0.1) is 13.2 Å². The Labute approximate surface area is 131 Å². The number of carbonyl (C=O) groups is 3. The fourth-order valence-electron chi connectivity index (χ4n) is 1.44. The number of hydrogen-bond acceptors (Lipinski definition) is 6. The Morgan fingerprint density at radius 2 is 1.73 bits per heavy atom. The fraction of sp³-hybridized carbons (Fsp3) is 0.733. The summed E-state index contributed by atoms with van der Waals surface area (Å²) in [6, 6.07) is 0. The number of amides is 1. The maximum absolute atomic E-state index is 11.8. The van der Waals surface area contributed by atoms with E-state index in [1.54, 1.807) is 6.92 Å². The normalized spacial score (nSPS) is 11.8. The summed E-state index contributed by atoms with van der Waals surface area (Å²) >= 11 is 0. The molecule has 0 unspecified atom stereocenters. The van der Waals surface area contributed by atoms with Crippen molar-refractivity contribution in [3.8, 4) is 0 Å². The second kappa shape index (κ2) is 9.92. The minimum Gasteiger partial charge on any atom is -0.465 e. The van der Waals surface area contributed by atoms with Gasteiger partial charge in [0, 0.05) is 6.42 Å². The number of hydrazone groups is 1. The van der Waals surface area contributed by atoms with Gasteiger partial charge >= 0.3 is 11.9 Å². The van der Waals surface area contributed by atoms with Crippen LogP contribution >= 0.6 is 0 Å². The van der Waals surface area contributed by atoms with Crippen LogP contribution in [0.3, 0.4) is 0 Å². The zero-order valence-corrected chi connectivity index (χ0v) is 14.0. The molecule has 0 aliphatic heterocycles. The van der Waals surface area contributed by atoms with Gasteiger partial charge in [0.2, 0.25) is 0 Å². The predicted molar refractivity (Wildman–Crippen MR) is 82.1 cm³/mol. The van der Waals surface area contributed by atoms with Gasteiger partial charge in [-0.1, -0.05) is 27.7 Å². The molecule has 126 valence electrons. The number of nitrogens with one attached hydrogen (secondary N) is 1. The number of esters is 2. The van der Waals surface area contributed by atoms with Crippen molar-refractivity contribution in [2.45, 2.75) is 53.9 Å². The molecule has 0 rings (SSSR count). The average Bonchev–Trinajstić information content (AvgIpc) is 2.40. The first kappa shape index (κ1) is 20.1. The highest BCUT2D eigenvalue weighted by Gasteiger charge is 2.22. The van der Waals surface area contributed by atoms with Crippen molar-refractivity contribution in [3.05, 3.63) is 0 Å². The van der Waals surface area contributed by atoms with Crippen LogP contribution in [-0.2, 0) is 23.9 Å². The van der Waals surface area contributed by atoms with Crippen LogP contribution in [0.5, 0.6) is 0 Å². The molecule has 0 aromatic carbocycles. The number of carbonyl (C=O) groups excluding carboxylic acids is 3. The highest BCUT2D eigenvalue weighted by Crippen LogP contribution is 2.19. The molecule has 0 aromatic rings. The Hall–Kier alpha value is -1.92. The largest absolute Gasteiger partial charge is 0.465 e. The van der Waals surface area contributed by atoms with E-state index in [1.165, 1.54) is 0 Å². The Morgan fingerprint density at radius 1 is 1.09 bits per heavy atom. The molecule has 1 N–H and O–H groups in total. The van der Waals surface area contributed by atoms with Gasteiger partial charge in [0.15, 0.2) is 0 Å². The van der Waals surface area contributed by atoms with Crippen LogP contribution in [0.1, 0.15) is 53.9 Å². The number of hydrogen-bond donors (Lipinski definition) is 1. The van der Waals surface area contributed by atoms with Gasteiger partial charge in [-0.15, -0.1) is 0 Å². The smallest absolute Gasteiger partial charge is 0.354 e. The van der Waals surface area contributed by atoms with Gasteiger partial charge in [-0.3, -0.25) is 9.59 Å². The molecule has 1 amide bonds. The van der Waals surface area contributed by atoms with Gasteiger partial charge in [-0.05, 0) is 18.8 Å². The van der Waals surface area contributed by atoms with Crippen LogP contribution in [-0.4, -0.2) is 36.8 Å². The molecule has 0 saturated heterocycles. The fourth-order valence-corrected chi connectivity index (χ4v) is 1.44. The van der Waals surface area contributed by atoms with Gasteiger partial charge in [-0.2, -0.15) is 5.10 Å². The van der Waals surface area contributed by atoms with Crippen molar-refractivity contribution < 1.29 is 23.9 Å². The molecule has 0 aliphatic carbocycles. The van der Waals surface area contributed by atoms with Crippen LogP contribution in [0.15, 0.2) is 5.10 Å². The third kappa shape index (κ3) is 9.90. The highest BCUT2D eigenvalue weighted by molar-refractivity contribution is 6.36. The van der Waals surface area contributed by atoms with Gasteiger partial charge < -0.3 is 9.47 Å². The van der Waals surface area contributed by atoms with E-state index in [1.807, 2.05) is 27.7 Å². The van der Waals surface area contributed by atoms with Gasteiger partial charge in [0.25, 0.3) is 5.91 Å². The van der Waals surface area contributed by atoms with E-state index < -0.39 is 24.3 Å². The average molecular weight is 314 g/mol.